The van der Waals surface area contributed by atoms with Crippen LogP contribution < -0.4 is 4.90 Å². The Kier molecular flexibility index (Phi) is 6.93. The van der Waals surface area contributed by atoms with Crippen molar-refractivity contribution in [2.45, 2.75) is 59.8 Å². The number of aliphatic hydroxyl groups is 1. The van der Waals surface area contributed by atoms with Crippen LogP contribution in [-0.4, -0.2) is 29.9 Å². The summed E-state index contributed by atoms with van der Waals surface area (Å²) < 4.78 is 5.70. The number of fused-ring (bicyclic) bond motifs is 1. The van der Waals surface area contributed by atoms with Crippen LogP contribution in [-0.2, 0) is 11.3 Å². The van der Waals surface area contributed by atoms with Crippen molar-refractivity contribution in [3.05, 3.63) is 29.3 Å². The maximum Gasteiger partial charge on any atom is 0.120 e. The average molecular weight is 303 g/mol. The summed E-state index contributed by atoms with van der Waals surface area (Å²) in [5.74, 6) is 5.98. The molecule has 0 saturated heterocycles. The third-order valence-electron chi connectivity index (χ3n) is 3.31. The first kappa shape index (κ1) is 18.5. The van der Waals surface area contributed by atoms with E-state index in [9.17, 15) is 5.11 Å². The minimum atomic E-state index is -0.980. The Morgan fingerprint density at radius 3 is 2.55 bits per heavy atom. The number of benzene rings is 1. The molecule has 0 aromatic heterocycles. The van der Waals surface area contributed by atoms with Crippen molar-refractivity contribution in [1.82, 2.24) is 0 Å². The van der Waals surface area contributed by atoms with Gasteiger partial charge in [-0.15, -0.1) is 0 Å². The average Bonchev–Trinajstić information content (AvgIpc) is 2.69. The van der Waals surface area contributed by atoms with Crippen LogP contribution in [0.2, 0.25) is 0 Å². The molecule has 3 nitrogen and oxygen atoms in total. The summed E-state index contributed by atoms with van der Waals surface area (Å²) in [5, 5.41) is 9.76. The third-order valence-corrected chi connectivity index (χ3v) is 3.31. The van der Waals surface area contributed by atoms with Gasteiger partial charge in [0, 0.05) is 29.4 Å². The fourth-order valence-electron chi connectivity index (χ4n) is 2.33. The molecule has 1 N–H and O–H groups in total. The van der Waals surface area contributed by atoms with E-state index in [0.29, 0.717) is 12.6 Å². The lowest BCUT2D eigenvalue weighted by atomic mass is 10.0. The Bertz CT molecular complexity index is 533. The maximum atomic E-state index is 9.76. The van der Waals surface area contributed by atoms with Gasteiger partial charge in [-0.1, -0.05) is 31.8 Å². The monoisotopic (exact) mass is 303 g/mol. The van der Waals surface area contributed by atoms with Crippen LogP contribution in [0.4, 0.5) is 5.69 Å². The van der Waals surface area contributed by atoms with Gasteiger partial charge in [0.05, 0.1) is 13.2 Å². The zero-order valence-corrected chi connectivity index (χ0v) is 14.7. The molecule has 0 amide bonds. The molecule has 1 aliphatic heterocycles. The summed E-state index contributed by atoms with van der Waals surface area (Å²) in [7, 11) is 0. The number of hydrogen-bond acceptors (Lipinski definition) is 3. The maximum absolute atomic E-state index is 9.76. The molecule has 0 fully saturated rings. The van der Waals surface area contributed by atoms with Crippen LogP contribution >= 0.6 is 0 Å². The van der Waals surface area contributed by atoms with Gasteiger partial charge in [-0.3, -0.25) is 0 Å². The standard InChI is InChI=1S/C17H23NO2.C2H6/c1-13(2)18-10-11-20-12-15-14(6-5-7-16(15)18)8-9-17(3,4)19;1-2/h5-7,13,19H,10-12H2,1-4H3;1-2H3. The molecule has 3 heteroatoms. The molecule has 22 heavy (non-hydrogen) atoms. The highest BCUT2D eigenvalue weighted by atomic mass is 16.5. The van der Waals surface area contributed by atoms with Gasteiger partial charge in [-0.2, -0.15) is 0 Å². The lowest BCUT2D eigenvalue weighted by molar-refractivity contribution is 0.131. The second-order valence-electron chi connectivity index (χ2n) is 5.95. The summed E-state index contributed by atoms with van der Waals surface area (Å²) >= 11 is 0. The zero-order valence-electron chi connectivity index (χ0n) is 14.7. The van der Waals surface area contributed by atoms with Gasteiger partial charge in [0.15, 0.2) is 0 Å². The number of hydrogen-bond donors (Lipinski definition) is 1. The van der Waals surface area contributed by atoms with E-state index in [1.165, 1.54) is 5.69 Å². The first-order valence-electron chi connectivity index (χ1n) is 8.10. The molecular formula is C19H29NO2. The van der Waals surface area contributed by atoms with Gasteiger partial charge >= 0.3 is 0 Å². The highest BCUT2D eigenvalue weighted by Gasteiger charge is 2.19. The van der Waals surface area contributed by atoms with E-state index in [2.05, 4.69) is 36.7 Å². The van der Waals surface area contributed by atoms with Crippen molar-refractivity contribution in [2.24, 2.45) is 0 Å². The van der Waals surface area contributed by atoms with Crippen LogP contribution in [0.5, 0.6) is 0 Å². The van der Waals surface area contributed by atoms with E-state index < -0.39 is 5.60 Å². The van der Waals surface area contributed by atoms with Crippen molar-refractivity contribution >= 4 is 5.69 Å². The summed E-state index contributed by atoms with van der Waals surface area (Å²) in [6.45, 7) is 14.0. The van der Waals surface area contributed by atoms with Gasteiger partial charge in [0.1, 0.15) is 5.60 Å². The van der Waals surface area contributed by atoms with E-state index >= 15 is 0 Å². The quantitative estimate of drug-likeness (QED) is 0.805. The molecule has 0 radical (unpaired) electrons. The van der Waals surface area contributed by atoms with Crippen molar-refractivity contribution in [2.75, 3.05) is 18.1 Å². The Balaban J connectivity index is 0.00000116. The van der Waals surface area contributed by atoms with E-state index in [0.717, 1.165) is 24.3 Å². The Labute approximate surface area is 135 Å². The van der Waals surface area contributed by atoms with E-state index in [-0.39, 0.29) is 0 Å². The van der Waals surface area contributed by atoms with Crippen molar-refractivity contribution < 1.29 is 9.84 Å². The summed E-state index contributed by atoms with van der Waals surface area (Å²) in [4.78, 5) is 2.34. The molecule has 0 aliphatic carbocycles. The Morgan fingerprint density at radius 1 is 1.27 bits per heavy atom. The normalized spacial score (nSPS) is 14.3. The number of nitrogens with zero attached hydrogens (tertiary/aromatic N) is 1. The van der Waals surface area contributed by atoms with Crippen molar-refractivity contribution in [1.29, 1.82) is 0 Å². The molecule has 1 aromatic rings. The van der Waals surface area contributed by atoms with E-state index in [4.69, 9.17) is 4.74 Å². The molecule has 0 spiro atoms. The van der Waals surface area contributed by atoms with Crippen LogP contribution in [0.15, 0.2) is 18.2 Å². The number of rotatable bonds is 1. The molecule has 1 aliphatic rings. The number of anilines is 1. The minimum Gasteiger partial charge on any atom is -0.378 e. The molecule has 0 bridgehead atoms. The molecule has 0 unspecified atom stereocenters. The number of ether oxygens (including phenoxy) is 1. The minimum absolute atomic E-state index is 0.424. The highest BCUT2D eigenvalue weighted by Crippen LogP contribution is 2.28. The SMILES string of the molecule is CC.CC(C)N1CCOCc2c(C#CC(C)(C)O)cccc21. The molecule has 1 heterocycles. The highest BCUT2D eigenvalue weighted by molar-refractivity contribution is 5.61. The predicted molar refractivity (Wildman–Crippen MR) is 93.1 cm³/mol. The van der Waals surface area contributed by atoms with Gasteiger partial charge < -0.3 is 14.7 Å². The van der Waals surface area contributed by atoms with E-state index in [1.54, 1.807) is 13.8 Å². The molecule has 2 rings (SSSR count). The summed E-state index contributed by atoms with van der Waals surface area (Å²) in [5.41, 5.74) is 2.28. The second-order valence-corrected chi connectivity index (χ2v) is 5.95. The second kappa shape index (κ2) is 8.22. The van der Waals surface area contributed by atoms with Crippen molar-refractivity contribution in [3.8, 4) is 11.8 Å². The van der Waals surface area contributed by atoms with Crippen LogP contribution in [0, 0.1) is 11.8 Å². The smallest absolute Gasteiger partial charge is 0.120 e. The third kappa shape index (κ3) is 5.05. The van der Waals surface area contributed by atoms with Crippen LogP contribution in [0.3, 0.4) is 0 Å². The lowest BCUT2D eigenvalue weighted by Crippen LogP contribution is -2.33. The molecule has 0 saturated carbocycles. The van der Waals surface area contributed by atoms with Gasteiger partial charge in [0.2, 0.25) is 0 Å². The summed E-state index contributed by atoms with van der Waals surface area (Å²) in [6, 6.07) is 6.56. The Hall–Kier alpha value is -1.50. The Morgan fingerprint density at radius 2 is 1.95 bits per heavy atom. The van der Waals surface area contributed by atoms with Crippen molar-refractivity contribution in [3.63, 3.8) is 0 Å². The molecule has 0 atom stereocenters. The molecule has 1 aromatic carbocycles. The lowest BCUT2D eigenvalue weighted by Gasteiger charge is -2.28. The fraction of sp³-hybridized carbons (Fsp3) is 0.579. The van der Waals surface area contributed by atoms with Crippen LogP contribution in [0.25, 0.3) is 0 Å². The summed E-state index contributed by atoms with van der Waals surface area (Å²) in [6.07, 6.45) is 0. The topological polar surface area (TPSA) is 32.7 Å². The first-order chi connectivity index (χ1) is 10.4. The first-order valence-corrected chi connectivity index (χ1v) is 8.10. The van der Waals surface area contributed by atoms with Gasteiger partial charge in [-0.05, 0) is 39.8 Å². The van der Waals surface area contributed by atoms with Gasteiger partial charge in [0.25, 0.3) is 0 Å². The molecular weight excluding hydrogens is 274 g/mol. The zero-order chi connectivity index (χ0) is 16.8. The van der Waals surface area contributed by atoms with Gasteiger partial charge in [-0.25, -0.2) is 0 Å². The van der Waals surface area contributed by atoms with Crippen LogP contribution in [0.1, 0.15) is 52.7 Å². The molecule has 122 valence electrons. The largest absolute Gasteiger partial charge is 0.378 e. The predicted octanol–water partition coefficient (Wildman–Crippen LogP) is 3.58. The fourth-order valence-corrected chi connectivity index (χ4v) is 2.33. The van der Waals surface area contributed by atoms with E-state index in [1.807, 2.05) is 26.0 Å².